The van der Waals surface area contributed by atoms with Crippen LogP contribution in [0.4, 0.5) is 0 Å². The van der Waals surface area contributed by atoms with E-state index in [4.69, 9.17) is 0 Å². The molecular weight excluding hydrogens is 228 g/mol. The van der Waals surface area contributed by atoms with Crippen LogP contribution in [0, 0.1) is 0 Å². The van der Waals surface area contributed by atoms with E-state index >= 15 is 0 Å². The second-order valence-corrected chi connectivity index (χ2v) is 7.46. The van der Waals surface area contributed by atoms with E-state index in [0.717, 1.165) is 6.42 Å². The first-order chi connectivity index (χ1) is 8.69. The zero-order valence-corrected chi connectivity index (χ0v) is 13.5. The molecule has 0 saturated heterocycles. The second kappa shape index (κ2) is 4.51. The quantitative estimate of drug-likeness (QED) is 0.643. The van der Waals surface area contributed by atoms with Crippen molar-refractivity contribution in [1.29, 1.82) is 0 Å². The molecule has 0 aromatic heterocycles. The van der Waals surface area contributed by atoms with E-state index in [0.29, 0.717) is 10.8 Å². The fourth-order valence-electron chi connectivity index (χ4n) is 3.35. The Labute approximate surface area is 118 Å². The summed E-state index contributed by atoms with van der Waals surface area (Å²) >= 11 is 0. The number of hydrogen-bond acceptors (Lipinski definition) is 0. The Morgan fingerprint density at radius 2 is 1.53 bits per heavy atom. The summed E-state index contributed by atoms with van der Waals surface area (Å²) in [5.74, 6) is 0. The fraction of sp³-hybridized carbons (Fsp3) is 0.579. The molecule has 1 aliphatic rings. The van der Waals surface area contributed by atoms with E-state index in [1.54, 1.807) is 11.1 Å². The molecule has 1 aliphatic carbocycles. The van der Waals surface area contributed by atoms with Crippen molar-refractivity contribution < 1.29 is 0 Å². The van der Waals surface area contributed by atoms with Gasteiger partial charge in [-0.2, -0.15) is 0 Å². The van der Waals surface area contributed by atoms with Gasteiger partial charge in [-0.3, -0.25) is 0 Å². The molecule has 0 nitrogen and oxygen atoms in total. The topological polar surface area (TPSA) is 0 Å². The lowest BCUT2D eigenvalue weighted by atomic mass is 9.62. The zero-order chi connectivity index (χ0) is 14.4. The summed E-state index contributed by atoms with van der Waals surface area (Å²) in [5.41, 5.74) is 7.72. The summed E-state index contributed by atoms with van der Waals surface area (Å²) in [7, 11) is 0. The Balaban J connectivity index is 2.74. The lowest BCUT2D eigenvalue weighted by molar-refractivity contribution is 0.331. The normalized spacial score (nSPS) is 19.9. The Morgan fingerprint density at radius 1 is 1.05 bits per heavy atom. The highest BCUT2D eigenvalue weighted by molar-refractivity contribution is 5.67. The van der Waals surface area contributed by atoms with Crippen LogP contribution in [0.3, 0.4) is 0 Å². The van der Waals surface area contributed by atoms with Crippen LogP contribution in [0.2, 0.25) is 0 Å². The molecule has 0 saturated carbocycles. The lowest BCUT2D eigenvalue weighted by Gasteiger charge is -2.42. The van der Waals surface area contributed by atoms with Gasteiger partial charge in [-0.15, -0.1) is 0 Å². The summed E-state index contributed by atoms with van der Waals surface area (Å²) in [6.07, 6.45) is 3.64. The molecule has 0 bridgehead atoms. The third-order valence-corrected chi connectivity index (χ3v) is 4.92. The molecule has 0 fully saturated rings. The SMILES string of the molecule is C=C(C)c1cc2c(cc1CC)C(C)(C)CCC2(C)C. The minimum absolute atomic E-state index is 0.293. The molecule has 0 N–H and O–H groups in total. The fourth-order valence-corrected chi connectivity index (χ4v) is 3.35. The third kappa shape index (κ3) is 2.38. The van der Waals surface area contributed by atoms with Crippen molar-refractivity contribution >= 4 is 5.57 Å². The molecule has 19 heavy (non-hydrogen) atoms. The van der Waals surface area contributed by atoms with E-state index in [1.165, 1.54) is 29.5 Å². The first kappa shape index (κ1) is 14.4. The largest absolute Gasteiger partial charge is 0.0955 e. The molecule has 0 heterocycles. The molecule has 0 amide bonds. The van der Waals surface area contributed by atoms with E-state index in [-0.39, 0.29) is 0 Å². The number of allylic oxidation sites excluding steroid dienone is 1. The molecule has 1 aromatic rings. The van der Waals surface area contributed by atoms with Crippen molar-refractivity contribution in [3.63, 3.8) is 0 Å². The van der Waals surface area contributed by atoms with Gasteiger partial charge >= 0.3 is 0 Å². The number of rotatable bonds is 2. The van der Waals surface area contributed by atoms with Crippen LogP contribution in [0.1, 0.15) is 76.6 Å². The molecule has 0 aliphatic heterocycles. The maximum Gasteiger partial charge on any atom is -0.0100 e. The van der Waals surface area contributed by atoms with Gasteiger partial charge in [-0.05, 0) is 59.3 Å². The molecule has 104 valence electrons. The Hall–Kier alpha value is -1.04. The number of benzene rings is 1. The number of aryl methyl sites for hydroxylation is 1. The van der Waals surface area contributed by atoms with Crippen LogP contribution < -0.4 is 0 Å². The third-order valence-electron chi connectivity index (χ3n) is 4.92. The maximum atomic E-state index is 4.17. The average Bonchev–Trinajstić information content (AvgIpc) is 2.33. The van der Waals surface area contributed by atoms with Crippen molar-refractivity contribution in [3.05, 3.63) is 41.0 Å². The molecular formula is C19H28. The number of fused-ring (bicyclic) bond motifs is 1. The van der Waals surface area contributed by atoms with Gasteiger partial charge in [-0.25, -0.2) is 0 Å². The van der Waals surface area contributed by atoms with E-state index in [1.807, 2.05) is 0 Å². The highest BCUT2D eigenvalue weighted by Gasteiger charge is 2.37. The first-order valence-electron chi connectivity index (χ1n) is 7.53. The monoisotopic (exact) mass is 256 g/mol. The van der Waals surface area contributed by atoms with Crippen LogP contribution in [0.5, 0.6) is 0 Å². The summed E-state index contributed by atoms with van der Waals surface area (Å²) in [6.45, 7) is 18.1. The van der Waals surface area contributed by atoms with Gasteiger partial charge in [0, 0.05) is 0 Å². The van der Waals surface area contributed by atoms with Gasteiger partial charge in [0.1, 0.15) is 0 Å². The van der Waals surface area contributed by atoms with Gasteiger partial charge in [-0.1, -0.05) is 58.9 Å². The maximum absolute atomic E-state index is 4.17. The minimum atomic E-state index is 0.293. The minimum Gasteiger partial charge on any atom is -0.0955 e. The molecule has 0 unspecified atom stereocenters. The number of hydrogen-bond donors (Lipinski definition) is 0. The van der Waals surface area contributed by atoms with Gasteiger partial charge in [0.05, 0.1) is 0 Å². The molecule has 2 rings (SSSR count). The summed E-state index contributed by atoms with van der Waals surface area (Å²) in [6, 6.07) is 4.89. The summed E-state index contributed by atoms with van der Waals surface area (Å²) < 4.78 is 0. The smallest absolute Gasteiger partial charge is 0.0100 e. The molecule has 1 aromatic carbocycles. The van der Waals surface area contributed by atoms with Crippen molar-refractivity contribution in [1.82, 2.24) is 0 Å². The average molecular weight is 256 g/mol. The first-order valence-corrected chi connectivity index (χ1v) is 7.53. The van der Waals surface area contributed by atoms with Crippen molar-refractivity contribution in [2.75, 3.05) is 0 Å². The Morgan fingerprint density at radius 3 is 1.95 bits per heavy atom. The summed E-state index contributed by atoms with van der Waals surface area (Å²) in [5, 5.41) is 0. The van der Waals surface area contributed by atoms with Crippen LogP contribution in [0.25, 0.3) is 5.57 Å². The highest BCUT2D eigenvalue weighted by atomic mass is 14.4. The zero-order valence-electron chi connectivity index (χ0n) is 13.5. The van der Waals surface area contributed by atoms with Gasteiger partial charge in [0.15, 0.2) is 0 Å². The molecule has 0 atom stereocenters. The van der Waals surface area contributed by atoms with E-state index < -0.39 is 0 Å². The predicted octanol–water partition coefficient (Wildman–Crippen LogP) is 5.63. The van der Waals surface area contributed by atoms with Crippen LogP contribution in [-0.4, -0.2) is 0 Å². The van der Waals surface area contributed by atoms with Crippen LogP contribution in [-0.2, 0) is 17.3 Å². The predicted molar refractivity (Wildman–Crippen MR) is 85.8 cm³/mol. The van der Waals surface area contributed by atoms with Gasteiger partial charge < -0.3 is 0 Å². The van der Waals surface area contributed by atoms with E-state index in [9.17, 15) is 0 Å². The highest BCUT2D eigenvalue weighted by Crippen LogP contribution is 2.47. The van der Waals surface area contributed by atoms with Crippen molar-refractivity contribution in [3.8, 4) is 0 Å². The van der Waals surface area contributed by atoms with Crippen molar-refractivity contribution in [2.45, 2.75) is 71.6 Å². The second-order valence-electron chi connectivity index (χ2n) is 7.46. The Kier molecular flexibility index (Phi) is 3.41. The van der Waals surface area contributed by atoms with Crippen LogP contribution in [0.15, 0.2) is 18.7 Å². The molecule has 0 spiro atoms. The molecule has 0 radical (unpaired) electrons. The summed E-state index contributed by atoms with van der Waals surface area (Å²) in [4.78, 5) is 0. The van der Waals surface area contributed by atoms with Crippen LogP contribution >= 0.6 is 0 Å². The van der Waals surface area contributed by atoms with Gasteiger partial charge in [0.2, 0.25) is 0 Å². The standard InChI is InChI=1S/C19H28/c1-8-14-11-16-17(12-15(14)13(2)3)19(6,7)10-9-18(16,4)5/h11-12H,2,8-10H2,1,3-7H3. The van der Waals surface area contributed by atoms with E-state index in [2.05, 4.69) is 60.3 Å². The lowest BCUT2D eigenvalue weighted by Crippen LogP contribution is -2.34. The van der Waals surface area contributed by atoms with Gasteiger partial charge in [0.25, 0.3) is 0 Å². The van der Waals surface area contributed by atoms with Crippen molar-refractivity contribution in [2.24, 2.45) is 0 Å². The Bertz CT molecular complexity index is 515. The molecule has 0 heteroatoms.